The van der Waals surface area contributed by atoms with Crippen LogP contribution < -0.4 is 10.6 Å². The van der Waals surface area contributed by atoms with E-state index in [9.17, 15) is 9.59 Å². The predicted molar refractivity (Wildman–Crippen MR) is 115 cm³/mol. The summed E-state index contributed by atoms with van der Waals surface area (Å²) in [6.45, 7) is 6.13. The van der Waals surface area contributed by atoms with Crippen LogP contribution in [0, 0.1) is 5.92 Å². The Balaban J connectivity index is 1.36. The second kappa shape index (κ2) is 10.8. The quantitative estimate of drug-likeness (QED) is 0.725. The fourth-order valence-corrected chi connectivity index (χ4v) is 3.74. The van der Waals surface area contributed by atoms with Gasteiger partial charge in [0.15, 0.2) is 0 Å². The van der Waals surface area contributed by atoms with Crippen LogP contribution in [0.15, 0.2) is 54.6 Å². The summed E-state index contributed by atoms with van der Waals surface area (Å²) < 4.78 is 0. The van der Waals surface area contributed by atoms with Gasteiger partial charge in [-0.2, -0.15) is 0 Å². The minimum absolute atomic E-state index is 0.00308. The normalized spacial score (nSPS) is 16.9. The maximum atomic E-state index is 12.0. The van der Waals surface area contributed by atoms with Crippen LogP contribution in [0.4, 0.5) is 0 Å². The van der Waals surface area contributed by atoms with Crippen molar-refractivity contribution >= 4 is 11.8 Å². The number of rotatable bonds is 8. The van der Waals surface area contributed by atoms with Gasteiger partial charge in [-0.05, 0) is 42.0 Å². The lowest BCUT2D eigenvalue weighted by Crippen LogP contribution is -2.37. The molecule has 2 aromatic carbocycles. The summed E-state index contributed by atoms with van der Waals surface area (Å²) in [5.74, 6) is 0.451. The molecule has 0 bridgehead atoms. The molecular formula is C24H31N3O2. The number of hydrogen-bond acceptors (Lipinski definition) is 3. The maximum absolute atomic E-state index is 12.0. The van der Waals surface area contributed by atoms with E-state index in [0.29, 0.717) is 6.54 Å². The highest BCUT2D eigenvalue weighted by Crippen LogP contribution is 2.18. The molecule has 3 rings (SSSR count). The summed E-state index contributed by atoms with van der Waals surface area (Å²) in [6.07, 6.45) is 2.90. The third-order valence-corrected chi connectivity index (χ3v) is 5.31. The molecule has 1 atom stereocenters. The summed E-state index contributed by atoms with van der Waals surface area (Å²) in [6, 6.07) is 17.9. The third-order valence-electron chi connectivity index (χ3n) is 5.31. The van der Waals surface area contributed by atoms with Gasteiger partial charge < -0.3 is 10.6 Å². The molecule has 2 N–H and O–H groups in total. The van der Waals surface area contributed by atoms with Crippen molar-refractivity contribution in [1.29, 1.82) is 0 Å². The zero-order valence-corrected chi connectivity index (χ0v) is 17.2. The van der Waals surface area contributed by atoms with Crippen LogP contribution in [-0.2, 0) is 29.1 Å². The number of carbonyl (C=O) groups is 2. The van der Waals surface area contributed by atoms with E-state index in [4.69, 9.17) is 0 Å². The Labute approximate surface area is 173 Å². The molecule has 1 saturated heterocycles. The highest BCUT2D eigenvalue weighted by molar-refractivity contribution is 5.85. The van der Waals surface area contributed by atoms with Crippen LogP contribution >= 0.6 is 0 Å². The van der Waals surface area contributed by atoms with Crippen molar-refractivity contribution < 1.29 is 9.59 Å². The standard InChI is InChI=1S/C24H31N3O2/c1-19-6-5-13-27(17-19)18-22-11-9-21(10-12-22)15-25-24(29)16-26-23(28)14-20-7-3-2-4-8-20/h2-4,7-12,19H,5-6,13-18H2,1H3,(H,25,29)(H,26,28). The molecule has 0 aromatic heterocycles. The molecule has 2 amide bonds. The van der Waals surface area contributed by atoms with Crippen LogP contribution in [0.5, 0.6) is 0 Å². The molecule has 29 heavy (non-hydrogen) atoms. The number of likely N-dealkylation sites (tertiary alicyclic amines) is 1. The van der Waals surface area contributed by atoms with E-state index in [1.165, 1.54) is 31.5 Å². The molecule has 5 nitrogen and oxygen atoms in total. The highest BCUT2D eigenvalue weighted by atomic mass is 16.2. The van der Waals surface area contributed by atoms with Gasteiger partial charge >= 0.3 is 0 Å². The molecule has 0 radical (unpaired) electrons. The van der Waals surface area contributed by atoms with Crippen molar-refractivity contribution in [3.8, 4) is 0 Å². The van der Waals surface area contributed by atoms with Crippen molar-refractivity contribution in [1.82, 2.24) is 15.5 Å². The predicted octanol–water partition coefficient (Wildman–Crippen LogP) is 2.89. The lowest BCUT2D eigenvalue weighted by Gasteiger charge is -2.30. The molecule has 1 heterocycles. The molecule has 0 saturated carbocycles. The first-order valence-corrected chi connectivity index (χ1v) is 10.5. The molecule has 154 valence electrons. The number of hydrogen-bond donors (Lipinski definition) is 2. The van der Waals surface area contributed by atoms with Gasteiger partial charge in [0.25, 0.3) is 0 Å². The fourth-order valence-electron chi connectivity index (χ4n) is 3.74. The highest BCUT2D eigenvalue weighted by Gasteiger charge is 2.16. The fraction of sp³-hybridized carbons (Fsp3) is 0.417. The van der Waals surface area contributed by atoms with E-state index in [-0.39, 0.29) is 24.8 Å². The van der Waals surface area contributed by atoms with Gasteiger partial charge in [0.2, 0.25) is 11.8 Å². The molecule has 5 heteroatoms. The van der Waals surface area contributed by atoms with Gasteiger partial charge in [-0.3, -0.25) is 14.5 Å². The van der Waals surface area contributed by atoms with E-state index < -0.39 is 0 Å². The first kappa shape index (κ1) is 21.1. The Morgan fingerprint density at radius 3 is 2.38 bits per heavy atom. The Morgan fingerprint density at radius 2 is 1.66 bits per heavy atom. The zero-order chi connectivity index (χ0) is 20.5. The molecule has 1 aliphatic heterocycles. The van der Waals surface area contributed by atoms with Crippen molar-refractivity contribution in [2.45, 2.75) is 39.3 Å². The van der Waals surface area contributed by atoms with Crippen LogP contribution in [-0.4, -0.2) is 36.3 Å². The monoisotopic (exact) mass is 393 g/mol. The van der Waals surface area contributed by atoms with Crippen molar-refractivity contribution in [3.05, 3.63) is 71.3 Å². The van der Waals surface area contributed by atoms with E-state index in [0.717, 1.165) is 23.6 Å². The smallest absolute Gasteiger partial charge is 0.239 e. The lowest BCUT2D eigenvalue weighted by atomic mass is 9.99. The molecular weight excluding hydrogens is 362 g/mol. The van der Waals surface area contributed by atoms with Crippen LogP contribution in [0.3, 0.4) is 0 Å². The van der Waals surface area contributed by atoms with Crippen molar-refractivity contribution in [2.24, 2.45) is 5.92 Å². The number of carbonyl (C=O) groups excluding carboxylic acids is 2. The minimum atomic E-state index is -0.183. The molecule has 1 fully saturated rings. The minimum Gasteiger partial charge on any atom is -0.350 e. The van der Waals surface area contributed by atoms with Gasteiger partial charge in [-0.25, -0.2) is 0 Å². The second-order valence-electron chi connectivity index (χ2n) is 8.01. The molecule has 2 aromatic rings. The molecule has 1 unspecified atom stereocenters. The number of piperidine rings is 1. The average Bonchev–Trinajstić information content (AvgIpc) is 2.72. The van der Waals surface area contributed by atoms with E-state index >= 15 is 0 Å². The van der Waals surface area contributed by atoms with Gasteiger partial charge in [-0.15, -0.1) is 0 Å². The largest absolute Gasteiger partial charge is 0.350 e. The summed E-state index contributed by atoms with van der Waals surface area (Å²) in [7, 11) is 0. The SMILES string of the molecule is CC1CCCN(Cc2ccc(CNC(=O)CNC(=O)Cc3ccccc3)cc2)C1. The van der Waals surface area contributed by atoms with E-state index in [1.807, 2.05) is 30.3 Å². The van der Waals surface area contributed by atoms with Gasteiger partial charge in [0, 0.05) is 19.6 Å². The first-order valence-electron chi connectivity index (χ1n) is 10.5. The first-order chi connectivity index (χ1) is 14.1. The second-order valence-corrected chi connectivity index (χ2v) is 8.01. The topological polar surface area (TPSA) is 61.4 Å². The summed E-state index contributed by atoms with van der Waals surface area (Å²) in [4.78, 5) is 26.4. The third kappa shape index (κ3) is 7.35. The lowest BCUT2D eigenvalue weighted by molar-refractivity contribution is -0.125. The van der Waals surface area contributed by atoms with Crippen LogP contribution in [0.25, 0.3) is 0 Å². The Bertz CT molecular complexity index is 790. The number of nitrogens with one attached hydrogen (secondary N) is 2. The molecule has 1 aliphatic rings. The number of benzene rings is 2. The van der Waals surface area contributed by atoms with Crippen molar-refractivity contribution in [2.75, 3.05) is 19.6 Å². The summed E-state index contributed by atoms with van der Waals surface area (Å²) >= 11 is 0. The Morgan fingerprint density at radius 1 is 0.931 bits per heavy atom. The summed E-state index contributed by atoms with van der Waals surface area (Å²) in [5, 5.41) is 5.53. The number of nitrogens with zero attached hydrogens (tertiary/aromatic N) is 1. The summed E-state index contributed by atoms with van der Waals surface area (Å²) in [5.41, 5.74) is 3.30. The average molecular weight is 394 g/mol. The van der Waals surface area contributed by atoms with Crippen LogP contribution in [0.1, 0.15) is 36.5 Å². The van der Waals surface area contributed by atoms with E-state index in [2.05, 4.69) is 46.7 Å². The van der Waals surface area contributed by atoms with Crippen molar-refractivity contribution in [3.63, 3.8) is 0 Å². The Hall–Kier alpha value is -2.66. The van der Waals surface area contributed by atoms with Gasteiger partial charge in [0.05, 0.1) is 13.0 Å². The van der Waals surface area contributed by atoms with E-state index in [1.54, 1.807) is 0 Å². The van der Waals surface area contributed by atoms with Gasteiger partial charge in [-0.1, -0.05) is 61.5 Å². The van der Waals surface area contributed by atoms with Crippen LogP contribution in [0.2, 0.25) is 0 Å². The number of amides is 2. The van der Waals surface area contributed by atoms with Gasteiger partial charge in [0.1, 0.15) is 0 Å². The maximum Gasteiger partial charge on any atom is 0.239 e. The molecule has 0 aliphatic carbocycles. The zero-order valence-electron chi connectivity index (χ0n) is 17.2. The Kier molecular flexibility index (Phi) is 7.82. The molecule has 0 spiro atoms.